The number of carbonyl (C=O) groups is 3. The normalized spacial score (nSPS) is 12.8. The molecule has 1 atom stereocenters. The predicted octanol–water partition coefficient (Wildman–Crippen LogP) is 23.4. The number of esters is 3. The van der Waals surface area contributed by atoms with Gasteiger partial charge in [0.25, 0.3) is 0 Å². The van der Waals surface area contributed by atoms with Gasteiger partial charge in [-0.2, -0.15) is 0 Å². The van der Waals surface area contributed by atoms with E-state index in [1.54, 1.807) is 6.08 Å². The molecule has 0 aliphatic carbocycles. The first-order chi connectivity index (χ1) is 39.5. The number of rotatable bonds is 61. The molecule has 0 rings (SSSR count). The Morgan fingerprint density at radius 1 is 0.275 bits per heavy atom. The van der Waals surface area contributed by atoms with Gasteiger partial charge < -0.3 is 14.2 Å². The van der Waals surface area contributed by atoms with Crippen molar-refractivity contribution in [2.45, 2.75) is 329 Å². The van der Waals surface area contributed by atoms with Crippen molar-refractivity contribution >= 4 is 17.9 Å². The molecule has 0 N–H and O–H groups in total. The van der Waals surface area contributed by atoms with Crippen molar-refractivity contribution < 1.29 is 28.6 Å². The van der Waals surface area contributed by atoms with Gasteiger partial charge >= 0.3 is 17.9 Å². The van der Waals surface area contributed by atoms with Crippen molar-refractivity contribution in [1.82, 2.24) is 0 Å². The number of carbonyl (C=O) groups excluding carboxylic acids is 3. The van der Waals surface area contributed by atoms with Gasteiger partial charge in [-0.3, -0.25) is 14.4 Å². The number of allylic oxidation sites excluding steroid dienone is 17. The second kappa shape index (κ2) is 67.6. The third kappa shape index (κ3) is 64.9. The van der Waals surface area contributed by atoms with Crippen LogP contribution in [0.25, 0.3) is 0 Å². The number of ether oxygens (including phenoxy) is 3. The Morgan fingerprint density at radius 3 is 0.875 bits per heavy atom. The Hall–Kier alpha value is -3.93. The van der Waals surface area contributed by atoms with Crippen molar-refractivity contribution in [3.05, 3.63) is 109 Å². The van der Waals surface area contributed by atoms with Crippen LogP contribution in [0.3, 0.4) is 0 Å². The van der Waals surface area contributed by atoms with Crippen LogP contribution < -0.4 is 0 Å². The fourth-order valence-electron chi connectivity index (χ4n) is 9.57. The van der Waals surface area contributed by atoms with E-state index in [9.17, 15) is 14.4 Å². The minimum atomic E-state index is -0.822. The lowest BCUT2D eigenvalue weighted by Crippen LogP contribution is -2.30. The summed E-state index contributed by atoms with van der Waals surface area (Å²) in [4.78, 5) is 38.3. The van der Waals surface area contributed by atoms with Crippen LogP contribution in [-0.2, 0) is 28.6 Å². The van der Waals surface area contributed by atoms with E-state index in [1.807, 2.05) is 6.08 Å². The fraction of sp³-hybridized carbons (Fsp3) is 0.716. The lowest BCUT2D eigenvalue weighted by atomic mass is 10.0. The molecule has 0 aliphatic heterocycles. The summed E-state index contributed by atoms with van der Waals surface area (Å²) < 4.78 is 16.9. The van der Waals surface area contributed by atoms with E-state index in [4.69, 9.17) is 14.2 Å². The molecule has 0 heterocycles. The maximum absolute atomic E-state index is 12.9. The van der Waals surface area contributed by atoms with Crippen LogP contribution in [0.15, 0.2) is 109 Å². The highest BCUT2D eigenvalue weighted by molar-refractivity contribution is 5.72. The van der Waals surface area contributed by atoms with Crippen molar-refractivity contribution in [3.63, 3.8) is 0 Å². The zero-order valence-corrected chi connectivity index (χ0v) is 52.6. The molecule has 0 saturated carbocycles. The first-order valence-electron chi connectivity index (χ1n) is 33.9. The molecule has 6 heteroatoms. The van der Waals surface area contributed by atoms with E-state index >= 15 is 0 Å². The van der Waals surface area contributed by atoms with Gasteiger partial charge in [0, 0.05) is 12.8 Å². The first kappa shape index (κ1) is 76.1. The second-order valence-corrected chi connectivity index (χ2v) is 22.3. The van der Waals surface area contributed by atoms with Gasteiger partial charge in [0.1, 0.15) is 13.2 Å². The quantitative estimate of drug-likeness (QED) is 0.0261. The Balaban J connectivity index is 4.38. The van der Waals surface area contributed by atoms with Crippen LogP contribution >= 0.6 is 0 Å². The predicted molar refractivity (Wildman–Crippen MR) is 348 cm³/mol. The monoisotopic (exact) mass is 1110 g/mol. The molecule has 0 aliphatic rings. The maximum atomic E-state index is 12.9. The summed E-state index contributed by atoms with van der Waals surface area (Å²) in [7, 11) is 0. The van der Waals surface area contributed by atoms with Crippen molar-refractivity contribution in [1.29, 1.82) is 0 Å². The summed E-state index contributed by atoms with van der Waals surface area (Å²) in [5.74, 6) is -1.03. The lowest BCUT2D eigenvalue weighted by Gasteiger charge is -2.18. The van der Waals surface area contributed by atoms with Crippen LogP contribution in [0.2, 0.25) is 0 Å². The molecular weight excluding hydrogens is 985 g/mol. The standard InChI is InChI=1S/C74H126O6/c1-4-7-10-13-16-19-22-25-28-30-32-34-36-38-39-41-43-46-49-52-55-58-61-64-67-73(76)79-70-71(69-78-72(75)66-63-60-57-54-51-48-45-27-24-21-18-15-12-9-6-3)80-74(77)68-65-62-59-56-53-50-47-44-42-40-37-35-33-31-29-26-23-20-17-14-11-8-5-2/h8-9,11-12,17-18,20-21,26-27,29,33,35,45,51,54,60,63,71H,4-7,10,13-16,19,22-25,28,30-32,34,36-44,46-50,52-53,55-59,61-62,64-70H2,1-3H3/b11-8-,12-9-,20-17-,21-18-,29-26-,35-33-,45-27-,54-51-,63-60-. The molecule has 0 aromatic heterocycles. The molecule has 458 valence electrons. The molecule has 0 aromatic rings. The average molecular weight is 1110 g/mol. The Kier molecular flexibility index (Phi) is 64.3. The fourth-order valence-corrected chi connectivity index (χ4v) is 9.57. The van der Waals surface area contributed by atoms with E-state index < -0.39 is 12.1 Å². The largest absolute Gasteiger partial charge is 0.462 e. The van der Waals surface area contributed by atoms with Gasteiger partial charge in [-0.25, -0.2) is 0 Å². The van der Waals surface area contributed by atoms with E-state index in [0.29, 0.717) is 12.8 Å². The molecule has 6 nitrogen and oxygen atoms in total. The van der Waals surface area contributed by atoms with Crippen LogP contribution in [-0.4, -0.2) is 37.2 Å². The summed E-state index contributed by atoms with van der Waals surface area (Å²) in [6, 6.07) is 0. The molecule has 0 saturated heterocycles. The van der Waals surface area contributed by atoms with Crippen molar-refractivity contribution in [2.24, 2.45) is 0 Å². The SMILES string of the molecule is CC/C=C\C/C=C\C/C=C\C/C=C\C/C=C\CC(=O)OCC(COC(=O)CCCCCCCCCCCCCCCCCCCCCCCCCC)OC(=O)CCCCCCCCCCCC/C=C\C/C=C\C/C=C\C/C=C\CC. The van der Waals surface area contributed by atoms with Gasteiger partial charge in [-0.1, -0.05) is 329 Å². The molecular formula is C74H126O6. The highest BCUT2D eigenvalue weighted by atomic mass is 16.6. The molecule has 0 aromatic carbocycles. The maximum Gasteiger partial charge on any atom is 0.309 e. The molecule has 1 unspecified atom stereocenters. The third-order valence-corrected chi connectivity index (χ3v) is 14.6. The Labute approximate surface area is 495 Å². The van der Waals surface area contributed by atoms with Gasteiger partial charge in [-0.15, -0.1) is 0 Å². The molecule has 0 bridgehead atoms. The smallest absolute Gasteiger partial charge is 0.309 e. The van der Waals surface area contributed by atoms with Crippen LogP contribution in [0.5, 0.6) is 0 Å². The minimum Gasteiger partial charge on any atom is -0.462 e. The minimum absolute atomic E-state index is 0.108. The van der Waals surface area contributed by atoms with E-state index in [2.05, 4.69) is 118 Å². The summed E-state index contributed by atoms with van der Waals surface area (Å²) in [6.45, 7) is 6.36. The van der Waals surface area contributed by atoms with Gasteiger partial charge in [0.05, 0.1) is 6.42 Å². The molecule has 0 fully saturated rings. The number of hydrogen-bond acceptors (Lipinski definition) is 6. The number of hydrogen-bond donors (Lipinski definition) is 0. The molecule has 0 radical (unpaired) electrons. The zero-order chi connectivity index (χ0) is 57.8. The third-order valence-electron chi connectivity index (χ3n) is 14.6. The first-order valence-corrected chi connectivity index (χ1v) is 33.9. The number of unbranched alkanes of at least 4 members (excludes halogenated alkanes) is 33. The van der Waals surface area contributed by atoms with Crippen molar-refractivity contribution in [2.75, 3.05) is 13.2 Å². The van der Waals surface area contributed by atoms with Crippen LogP contribution in [0, 0.1) is 0 Å². The van der Waals surface area contributed by atoms with Crippen LogP contribution in [0.4, 0.5) is 0 Å². The van der Waals surface area contributed by atoms with E-state index in [1.165, 1.54) is 186 Å². The van der Waals surface area contributed by atoms with Crippen LogP contribution in [0.1, 0.15) is 323 Å². The summed E-state index contributed by atoms with van der Waals surface area (Å²) in [5.41, 5.74) is 0. The van der Waals surface area contributed by atoms with Gasteiger partial charge in [-0.05, 0) is 83.5 Å². The summed E-state index contributed by atoms with van der Waals surface area (Å²) in [6.07, 6.45) is 92.8. The van der Waals surface area contributed by atoms with Gasteiger partial charge in [0.15, 0.2) is 6.10 Å². The van der Waals surface area contributed by atoms with Crippen molar-refractivity contribution in [3.8, 4) is 0 Å². The molecule has 0 spiro atoms. The molecule has 80 heavy (non-hydrogen) atoms. The lowest BCUT2D eigenvalue weighted by molar-refractivity contribution is -0.166. The second-order valence-electron chi connectivity index (χ2n) is 22.3. The van der Waals surface area contributed by atoms with E-state index in [-0.39, 0.29) is 31.6 Å². The Morgan fingerprint density at radius 2 is 0.537 bits per heavy atom. The zero-order valence-electron chi connectivity index (χ0n) is 52.6. The van der Waals surface area contributed by atoms with E-state index in [0.717, 1.165) is 96.3 Å². The summed E-state index contributed by atoms with van der Waals surface area (Å²) in [5, 5.41) is 0. The van der Waals surface area contributed by atoms with Gasteiger partial charge in [0.2, 0.25) is 0 Å². The Bertz CT molecular complexity index is 1610. The summed E-state index contributed by atoms with van der Waals surface area (Å²) >= 11 is 0. The highest BCUT2D eigenvalue weighted by Gasteiger charge is 2.19. The topological polar surface area (TPSA) is 78.9 Å². The molecule has 0 amide bonds. The average Bonchev–Trinajstić information content (AvgIpc) is 3.46. The highest BCUT2D eigenvalue weighted by Crippen LogP contribution is 2.17.